The zero-order chi connectivity index (χ0) is 19.4. The van der Waals surface area contributed by atoms with Crippen LogP contribution in [0.1, 0.15) is 23.2 Å². The number of carbonyl (C=O) groups excluding carboxylic acids is 1. The minimum absolute atomic E-state index is 0.274. The Balaban J connectivity index is 1.59. The van der Waals surface area contributed by atoms with E-state index in [0.717, 1.165) is 28.3 Å². The van der Waals surface area contributed by atoms with Crippen molar-refractivity contribution in [1.82, 2.24) is 15.3 Å². The molecule has 0 saturated heterocycles. The van der Waals surface area contributed by atoms with Crippen molar-refractivity contribution < 1.29 is 4.79 Å². The minimum Gasteiger partial charge on any atom is -0.368 e. The summed E-state index contributed by atoms with van der Waals surface area (Å²) >= 11 is 7.60. The highest BCUT2D eigenvalue weighted by molar-refractivity contribution is 7.18. The van der Waals surface area contributed by atoms with E-state index >= 15 is 0 Å². The Bertz CT molecular complexity index is 972. The first-order valence-corrected chi connectivity index (χ1v) is 9.98. The normalized spacial score (nSPS) is 10.8. The Labute approximate surface area is 167 Å². The number of nitrogens with one attached hydrogen (secondary N) is 3. The van der Waals surface area contributed by atoms with Crippen molar-refractivity contribution in [3.63, 3.8) is 0 Å². The van der Waals surface area contributed by atoms with Crippen LogP contribution in [0, 0.1) is 13.8 Å². The lowest BCUT2D eigenvalue weighted by Crippen LogP contribution is -2.32. The van der Waals surface area contributed by atoms with Gasteiger partial charge in [-0.1, -0.05) is 24.6 Å². The van der Waals surface area contributed by atoms with Gasteiger partial charge in [-0.05, 0) is 37.6 Å². The molecule has 0 atom stereocenters. The first-order chi connectivity index (χ1) is 13.0. The number of fused-ring (bicyclic) bond motifs is 1. The Morgan fingerprint density at radius 1 is 1.22 bits per heavy atom. The van der Waals surface area contributed by atoms with Crippen molar-refractivity contribution >= 4 is 50.7 Å². The second-order valence-electron chi connectivity index (χ2n) is 6.12. The summed E-state index contributed by atoms with van der Waals surface area (Å²) < 4.78 is 0. The third-order valence-electron chi connectivity index (χ3n) is 4.18. The molecule has 8 heteroatoms. The van der Waals surface area contributed by atoms with Gasteiger partial charge in [0, 0.05) is 35.1 Å². The highest BCUT2D eigenvalue weighted by atomic mass is 35.5. The number of aromatic nitrogens is 2. The minimum atomic E-state index is -0.274. The molecule has 0 aliphatic heterocycles. The summed E-state index contributed by atoms with van der Waals surface area (Å²) in [6.45, 7) is 7.25. The van der Waals surface area contributed by atoms with Gasteiger partial charge in [0.2, 0.25) is 0 Å². The molecule has 3 rings (SSSR count). The quantitative estimate of drug-likeness (QED) is 0.518. The maximum absolute atomic E-state index is 12.0. The fraction of sp³-hybridized carbons (Fsp3) is 0.316. The molecule has 0 fully saturated rings. The van der Waals surface area contributed by atoms with Crippen molar-refractivity contribution in [1.29, 1.82) is 0 Å². The second kappa shape index (κ2) is 8.54. The average molecular weight is 404 g/mol. The molecular formula is C19H22ClN5OS. The summed E-state index contributed by atoms with van der Waals surface area (Å²) in [6.07, 6.45) is 0.779. The molecule has 3 N–H and O–H groups in total. The smallest absolute Gasteiger partial charge is 0.319 e. The fourth-order valence-electron chi connectivity index (χ4n) is 2.68. The molecular weight excluding hydrogens is 382 g/mol. The SMILES string of the molecule is CCc1nc(NCCNC(=O)Nc2cccc(Cl)c2)c2c(C)c(C)sc2n1. The molecule has 0 radical (unpaired) electrons. The summed E-state index contributed by atoms with van der Waals surface area (Å²) in [5.74, 6) is 1.65. The first-order valence-electron chi connectivity index (χ1n) is 8.78. The van der Waals surface area contributed by atoms with Crippen LogP contribution in [0.5, 0.6) is 0 Å². The molecule has 3 aromatic rings. The summed E-state index contributed by atoms with van der Waals surface area (Å²) in [5.41, 5.74) is 1.86. The molecule has 0 spiro atoms. The average Bonchev–Trinajstić information content (AvgIpc) is 2.92. The van der Waals surface area contributed by atoms with Crippen LogP contribution >= 0.6 is 22.9 Å². The Hall–Kier alpha value is -2.38. The van der Waals surface area contributed by atoms with Crippen LogP contribution in [-0.4, -0.2) is 29.1 Å². The predicted molar refractivity (Wildman–Crippen MR) is 113 cm³/mol. The first kappa shape index (κ1) is 19.4. The van der Waals surface area contributed by atoms with Gasteiger partial charge in [0.15, 0.2) is 0 Å². The van der Waals surface area contributed by atoms with Gasteiger partial charge in [-0.3, -0.25) is 0 Å². The largest absolute Gasteiger partial charge is 0.368 e. The van der Waals surface area contributed by atoms with Crippen molar-refractivity contribution in [3.8, 4) is 0 Å². The van der Waals surface area contributed by atoms with Gasteiger partial charge in [-0.25, -0.2) is 14.8 Å². The molecule has 6 nitrogen and oxygen atoms in total. The molecule has 0 aliphatic rings. The van der Waals surface area contributed by atoms with Crippen LogP contribution < -0.4 is 16.0 Å². The van der Waals surface area contributed by atoms with E-state index in [1.54, 1.807) is 35.6 Å². The zero-order valence-corrected chi connectivity index (χ0v) is 17.1. The molecule has 142 valence electrons. The van der Waals surface area contributed by atoms with Crippen LogP contribution in [0.25, 0.3) is 10.2 Å². The standard InChI is InChI=1S/C19H22ClN5OS/c1-4-15-24-17(16-11(2)12(3)27-18(16)25-15)21-8-9-22-19(26)23-14-7-5-6-13(20)10-14/h5-7,10H,4,8-9H2,1-3H3,(H,21,24,25)(H2,22,23,26). The monoisotopic (exact) mass is 403 g/mol. The Morgan fingerprint density at radius 2 is 2.04 bits per heavy atom. The van der Waals surface area contributed by atoms with Crippen molar-refractivity contribution in [2.45, 2.75) is 27.2 Å². The number of rotatable bonds is 6. The van der Waals surface area contributed by atoms with Gasteiger partial charge in [-0.2, -0.15) is 0 Å². The van der Waals surface area contributed by atoms with E-state index in [4.69, 9.17) is 11.6 Å². The molecule has 2 heterocycles. The molecule has 0 saturated carbocycles. The van der Waals surface area contributed by atoms with E-state index < -0.39 is 0 Å². The molecule has 0 bridgehead atoms. The van der Waals surface area contributed by atoms with Crippen LogP contribution in [0.3, 0.4) is 0 Å². The van der Waals surface area contributed by atoms with Crippen LogP contribution in [0.2, 0.25) is 5.02 Å². The van der Waals surface area contributed by atoms with Gasteiger partial charge in [0.05, 0.1) is 5.39 Å². The summed E-state index contributed by atoms with van der Waals surface area (Å²) in [7, 11) is 0. The van der Waals surface area contributed by atoms with Gasteiger partial charge in [0.1, 0.15) is 16.5 Å². The number of thiophene rings is 1. The summed E-state index contributed by atoms with van der Waals surface area (Å²) in [4.78, 5) is 23.5. The van der Waals surface area contributed by atoms with Crippen molar-refractivity contribution in [2.75, 3.05) is 23.7 Å². The second-order valence-corrected chi connectivity index (χ2v) is 7.76. The lowest BCUT2D eigenvalue weighted by atomic mass is 10.2. The van der Waals surface area contributed by atoms with E-state index in [1.165, 1.54) is 10.4 Å². The Kier molecular flexibility index (Phi) is 6.13. The Morgan fingerprint density at radius 3 is 2.78 bits per heavy atom. The van der Waals surface area contributed by atoms with Crippen LogP contribution in [-0.2, 0) is 6.42 Å². The highest BCUT2D eigenvalue weighted by Crippen LogP contribution is 2.33. The molecule has 0 aliphatic carbocycles. The highest BCUT2D eigenvalue weighted by Gasteiger charge is 2.14. The number of urea groups is 1. The number of amides is 2. The predicted octanol–water partition coefficient (Wildman–Crippen LogP) is 4.76. The fourth-order valence-corrected chi connectivity index (χ4v) is 3.92. The molecule has 0 unspecified atom stereocenters. The van der Waals surface area contributed by atoms with Gasteiger partial charge >= 0.3 is 6.03 Å². The number of aryl methyl sites for hydroxylation is 3. The van der Waals surface area contributed by atoms with Gasteiger partial charge in [0.25, 0.3) is 0 Å². The number of hydrogen-bond acceptors (Lipinski definition) is 5. The zero-order valence-electron chi connectivity index (χ0n) is 15.5. The molecule has 2 aromatic heterocycles. The van der Waals surface area contributed by atoms with E-state index in [0.29, 0.717) is 23.8 Å². The van der Waals surface area contributed by atoms with E-state index in [-0.39, 0.29) is 6.03 Å². The number of anilines is 2. The maximum Gasteiger partial charge on any atom is 0.319 e. The van der Waals surface area contributed by atoms with E-state index in [2.05, 4.69) is 39.8 Å². The molecule has 2 amide bonds. The van der Waals surface area contributed by atoms with E-state index in [9.17, 15) is 4.79 Å². The number of hydrogen-bond donors (Lipinski definition) is 3. The van der Waals surface area contributed by atoms with Gasteiger partial charge < -0.3 is 16.0 Å². The molecule has 1 aromatic carbocycles. The lowest BCUT2D eigenvalue weighted by Gasteiger charge is -2.11. The van der Waals surface area contributed by atoms with Crippen molar-refractivity contribution in [2.24, 2.45) is 0 Å². The van der Waals surface area contributed by atoms with Crippen LogP contribution in [0.15, 0.2) is 24.3 Å². The summed E-state index contributed by atoms with van der Waals surface area (Å²) in [6, 6.07) is 6.76. The topological polar surface area (TPSA) is 78.9 Å². The maximum atomic E-state index is 12.0. The number of halogens is 1. The van der Waals surface area contributed by atoms with E-state index in [1.807, 2.05) is 6.92 Å². The third kappa shape index (κ3) is 4.67. The van der Waals surface area contributed by atoms with Crippen molar-refractivity contribution in [3.05, 3.63) is 45.6 Å². The van der Waals surface area contributed by atoms with Crippen LogP contribution in [0.4, 0.5) is 16.3 Å². The molecule has 27 heavy (non-hydrogen) atoms. The number of carbonyl (C=O) groups is 1. The number of nitrogens with zero attached hydrogens (tertiary/aromatic N) is 2. The number of benzene rings is 1. The van der Waals surface area contributed by atoms with Gasteiger partial charge in [-0.15, -0.1) is 11.3 Å². The summed E-state index contributed by atoms with van der Waals surface area (Å²) in [5, 5.41) is 10.6. The third-order valence-corrected chi connectivity index (χ3v) is 5.51. The lowest BCUT2D eigenvalue weighted by molar-refractivity contribution is 0.252.